The minimum absolute atomic E-state index is 0.0294. The fourth-order valence-electron chi connectivity index (χ4n) is 1.99. The summed E-state index contributed by atoms with van der Waals surface area (Å²) >= 11 is 0.851. The second-order valence-electron chi connectivity index (χ2n) is 4.78. The van der Waals surface area contributed by atoms with E-state index in [2.05, 4.69) is 4.98 Å². The number of hydrogen-bond acceptors (Lipinski definition) is 5. The number of nitrogens with zero attached hydrogens (tertiary/aromatic N) is 1. The van der Waals surface area contributed by atoms with Crippen LogP contribution in [0.4, 0.5) is 13.2 Å². The maximum Gasteiger partial charge on any atom is 0.417 e. The third kappa shape index (κ3) is 3.53. The Labute approximate surface area is 133 Å². The highest BCUT2D eigenvalue weighted by atomic mass is 32.2. The van der Waals surface area contributed by atoms with Crippen molar-refractivity contribution in [1.82, 2.24) is 4.98 Å². The predicted molar refractivity (Wildman–Crippen MR) is 78.9 cm³/mol. The van der Waals surface area contributed by atoms with Crippen molar-refractivity contribution in [1.29, 1.82) is 0 Å². The number of amides is 1. The molecule has 2 N–H and O–H groups in total. The molecular weight excluding hydrogens is 353 g/mol. The number of aryl methyl sites for hydroxylation is 1. The van der Waals surface area contributed by atoms with Crippen LogP contribution in [-0.2, 0) is 16.0 Å². The van der Waals surface area contributed by atoms with Crippen LogP contribution in [0.5, 0.6) is 0 Å². The van der Waals surface area contributed by atoms with E-state index in [0.717, 1.165) is 23.5 Å². The van der Waals surface area contributed by atoms with E-state index in [1.165, 1.54) is 13.0 Å². The van der Waals surface area contributed by atoms with Crippen LogP contribution >= 0.6 is 11.3 Å². The van der Waals surface area contributed by atoms with E-state index in [0.29, 0.717) is 16.8 Å². The molecule has 0 radical (unpaired) electrons. The maximum atomic E-state index is 13.2. The molecule has 0 aliphatic heterocycles. The summed E-state index contributed by atoms with van der Waals surface area (Å²) in [5, 5.41) is -0.0294. The Morgan fingerprint density at radius 2 is 1.91 bits per heavy atom. The summed E-state index contributed by atoms with van der Waals surface area (Å²) in [7, 11) is -4.04. The number of alkyl halides is 3. The van der Waals surface area contributed by atoms with E-state index in [-0.39, 0.29) is 10.6 Å². The molecule has 0 spiro atoms. The van der Waals surface area contributed by atoms with Gasteiger partial charge in [0.15, 0.2) is 14.8 Å². The molecular formula is C13H11F3N2O3S2. The van der Waals surface area contributed by atoms with Crippen LogP contribution in [-0.4, -0.2) is 25.6 Å². The Morgan fingerprint density at radius 1 is 1.30 bits per heavy atom. The zero-order chi connectivity index (χ0) is 17.6. The number of aromatic nitrogens is 1. The molecule has 0 bridgehead atoms. The molecule has 124 valence electrons. The molecule has 0 atom stereocenters. The van der Waals surface area contributed by atoms with E-state index in [4.69, 9.17) is 5.73 Å². The number of sulfone groups is 1. The lowest BCUT2D eigenvalue weighted by Gasteiger charge is -2.13. The van der Waals surface area contributed by atoms with Crippen LogP contribution in [0, 0.1) is 6.92 Å². The van der Waals surface area contributed by atoms with Gasteiger partial charge in [-0.2, -0.15) is 13.2 Å². The summed E-state index contributed by atoms with van der Waals surface area (Å²) in [5.74, 6) is -0.784. The largest absolute Gasteiger partial charge is 0.417 e. The Hall–Kier alpha value is -1.94. The number of carbonyl (C=O) groups excluding carboxylic acids is 1. The van der Waals surface area contributed by atoms with Gasteiger partial charge in [-0.3, -0.25) is 4.79 Å². The summed E-state index contributed by atoms with van der Waals surface area (Å²) < 4.78 is 62.5. The standard InChI is InChI=1S/C13H11F3N2O3S2/c1-6-10(22-12(18-6)11(17)19)7-3-4-9(23(2,20)21)8(5-7)13(14,15)16/h3-5H,1-2H3,(H2,17,19). The summed E-state index contributed by atoms with van der Waals surface area (Å²) in [6.45, 7) is 1.52. The molecule has 0 aliphatic rings. The molecule has 1 aromatic carbocycles. The summed E-state index contributed by atoms with van der Waals surface area (Å²) in [4.78, 5) is 14.5. The van der Waals surface area contributed by atoms with E-state index < -0.39 is 32.4 Å². The van der Waals surface area contributed by atoms with Gasteiger partial charge in [0, 0.05) is 6.26 Å². The number of benzene rings is 1. The lowest BCUT2D eigenvalue weighted by Crippen LogP contribution is -2.12. The summed E-state index contributed by atoms with van der Waals surface area (Å²) in [6, 6.07) is 2.88. The van der Waals surface area contributed by atoms with Crippen LogP contribution in [0.3, 0.4) is 0 Å². The van der Waals surface area contributed by atoms with Gasteiger partial charge < -0.3 is 5.73 Å². The van der Waals surface area contributed by atoms with Crippen molar-refractivity contribution >= 4 is 27.1 Å². The molecule has 0 aliphatic carbocycles. The van der Waals surface area contributed by atoms with Crippen LogP contribution in [0.25, 0.3) is 10.4 Å². The predicted octanol–water partition coefficient (Wildman–Crippen LogP) is 2.64. The van der Waals surface area contributed by atoms with Crippen molar-refractivity contribution in [2.24, 2.45) is 5.73 Å². The minimum atomic E-state index is -4.83. The Kier molecular flexibility index (Phi) is 4.24. The lowest BCUT2D eigenvalue weighted by molar-refractivity contribution is -0.139. The molecule has 2 rings (SSSR count). The van der Waals surface area contributed by atoms with Gasteiger partial charge in [0.25, 0.3) is 5.91 Å². The summed E-state index contributed by atoms with van der Waals surface area (Å²) in [6.07, 6.45) is -4.13. The topological polar surface area (TPSA) is 90.1 Å². The number of halogens is 3. The number of rotatable bonds is 3. The van der Waals surface area contributed by atoms with Crippen LogP contribution in [0.1, 0.15) is 21.1 Å². The molecule has 10 heteroatoms. The molecule has 0 saturated carbocycles. The van der Waals surface area contributed by atoms with Gasteiger partial charge in [0.05, 0.1) is 21.0 Å². The smallest absolute Gasteiger partial charge is 0.364 e. The van der Waals surface area contributed by atoms with Crippen molar-refractivity contribution in [2.75, 3.05) is 6.26 Å². The third-order valence-corrected chi connectivity index (χ3v) is 5.33. The van der Waals surface area contributed by atoms with Gasteiger partial charge in [0.2, 0.25) is 0 Å². The van der Waals surface area contributed by atoms with Crippen LogP contribution in [0.2, 0.25) is 0 Å². The molecule has 0 saturated heterocycles. The first kappa shape index (κ1) is 17.4. The number of thiazole rings is 1. The van der Waals surface area contributed by atoms with Gasteiger partial charge in [0.1, 0.15) is 0 Å². The molecule has 1 aromatic heterocycles. The fourth-order valence-corrected chi connectivity index (χ4v) is 3.79. The lowest BCUT2D eigenvalue weighted by atomic mass is 10.1. The molecule has 2 aromatic rings. The fraction of sp³-hybridized carbons (Fsp3) is 0.231. The highest BCUT2D eigenvalue weighted by Gasteiger charge is 2.36. The van der Waals surface area contributed by atoms with Crippen molar-refractivity contribution in [3.63, 3.8) is 0 Å². The number of primary amides is 1. The molecule has 0 fully saturated rings. The Bertz CT molecular complexity index is 886. The average molecular weight is 364 g/mol. The molecule has 5 nitrogen and oxygen atoms in total. The first-order chi connectivity index (χ1) is 10.4. The van der Waals surface area contributed by atoms with Gasteiger partial charge in [-0.25, -0.2) is 13.4 Å². The normalized spacial score (nSPS) is 12.4. The second kappa shape index (κ2) is 5.60. The Balaban J connectivity index is 2.70. The quantitative estimate of drug-likeness (QED) is 0.906. The monoisotopic (exact) mass is 364 g/mol. The van der Waals surface area contributed by atoms with Crippen LogP contribution in [0.15, 0.2) is 23.1 Å². The van der Waals surface area contributed by atoms with Crippen molar-refractivity contribution in [2.45, 2.75) is 18.0 Å². The zero-order valence-electron chi connectivity index (χ0n) is 11.9. The number of nitrogens with two attached hydrogens (primary N) is 1. The molecule has 1 amide bonds. The van der Waals surface area contributed by atoms with E-state index in [1.807, 2.05) is 0 Å². The second-order valence-corrected chi connectivity index (χ2v) is 7.76. The molecule has 23 heavy (non-hydrogen) atoms. The average Bonchev–Trinajstić information content (AvgIpc) is 2.78. The van der Waals surface area contributed by atoms with Crippen molar-refractivity contribution in [3.8, 4) is 10.4 Å². The van der Waals surface area contributed by atoms with E-state index in [9.17, 15) is 26.4 Å². The minimum Gasteiger partial charge on any atom is -0.364 e. The third-order valence-electron chi connectivity index (χ3n) is 2.95. The Morgan fingerprint density at radius 3 is 2.35 bits per heavy atom. The highest BCUT2D eigenvalue weighted by Crippen LogP contribution is 2.38. The number of carbonyl (C=O) groups is 1. The van der Waals surface area contributed by atoms with Crippen LogP contribution < -0.4 is 5.73 Å². The van der Waals surface area contributed by atoms with Gasteiger partial charge in [-0.05, 0) is 24.6 Å². The van der Waals surface area contributed by atoms with E-state index in [1.54, 1.807) is 0 Å². The molecule has 0 unspecified atom stereocenters. The van der Waals surface area contributed by atoms with E-state index >= 15 is 0 Å². The zero-order valence-corrected chi connectivity index (χ0v) is 13.6. The molecule has 1 heterocycles. The van der Waals surface area contributed by atoms with Crippen molar-refractivity contribution in [3.05, 3.63) is 34.5 Å². The highest BCUT2D eigenvalue weighted by molar-refractivity contribution is 7.90. The number of hydrogen-bond donors (Lipinski definition) is 1. The SMILES string of the molecule is Cc1nc(C(N)=O)sc1-c1ccc(S(C)(=O)=O)c(C(F)(F)F)c1. The van der Waals surface area contributed by atoms with Gasteiger partial charge in [-0.1, -0.05) is 6.07 Å². The first-order valence-corrected chi connectivity index (χ1v) is 8.81. The first-order valence-electron chi connectivity index (χ1n) is 6.10. The van der Waals surface area contributed by atoms with Gasteiger partial charge >= 0.3 is 6.18 Å². The summed E-state index contributed by atoms with van der Waals surface area (Å²) in [5.41, 5.74) is 4.30. The van der Waals surface area contributed by atoms with Gasteiger partial charge in [-0.15, -0.1) is 11.3 Å². The maximum absolute atomic E-state index is 13.2. The van der Waals surface area contributed by atoms with Crippen molar-refractivity contribution < 1.29 is 26.4 Å².